The third kappa shape index (κ3) is 3.30. The van der Waals surface area contributed by atoms with Gasteiger partial charge in [-0.05, 0) is 31.0 Å². The highest BCUT2D eigenvalue weighted by Crippen LogP contribution is 2.37. The minimum atomic E-state index is -0.940. The minimum Gasteiger partial charge on any atom is -0.385 e. The molecule has 5 nitrogen and oxygen atoms in total. The topological polar surface area (TPSA) is 62.4 Å². The van der Waals surface area contributed by atoms with E-state index >= 15 is 0 Å². The summed E-state index contributed by atoms with van der Waals surface area (Å²) in [5.74, 6) is 0.495. The number of nitrogens with zero attached hydrogens (tertiary/aromatic N) is 3. The van der Waals surface area contributed by atoms with E-state index in [1.807, 2.05) is 35.2 Å². The number of halogens is 2. The lowest BCUT2D eigenvalue weighted by Crippen LogP contribution is -2.43. The van der Waals surface area contributed by atoms with Crippen LogP contribution in [-0.2, 0) is 5.60 Å². The second-order valence-electron chi connectivity index (χ2n) is 6.41. The van der Waals surface area contributed by atoms with Gasteiger partial charge in [-0.1, -0.05) is 58.7 Å². The molecule has 0 spiro atoms. The Kier molecular flexibility index (Phi) is 4.61. The largest absolute Gasteiger partial charge is 0.385 e. The van der Waals surface area contributed by atoms with Crippen molar-refractivity contribution in [1.82, 2.24) is 10.1 Å². The van der Waals surface area contributed by atoms with Gasteiger partial charge in [0.25, 0.3) is 0 Å². The van der Waals surface area contributed by atoms with Crippen molar-refractivity contribution in [2.24, 2.45) is 0 Å². The first-order valence-corrected chi connectivity index (χ1v) is 9.13. The molecule has 3 aromatic rings. The van der Waals surface area contributed by atoms with Crippen LogP contribution in [0.25, 0.3) is 11.4 Å². The molecular formula is C19H17Cl2N3O2. The Hall–Kier alpha value is -2.08. The molecule has 0 bridgehead atoms. The van der Waals surface area contributed by atoms with Crippen LogP contribution in [0.1, 0.15) is 18.4 Å². The van der Waals surface area contributed by atoms with E-state index in [-0.39, 0.29) is 0 Å². The van der Waals surface area contributed by atoms with Crippen LogP contribution in [0.2, 0.25) is 10.0 Å². The lowest BCUT2D eigenvalue weighted by atomic mass is 9.84. The Morgan fingerprint density at radius 3 is 2.54 bits per heavy atom. The van der Waals surface area contributed by atoms with Crippen LogP contribution in [0.15, 0.2) is 53.1 Å². The fourth-order valence-corrected chi connectivity index (χ4v) is 3.77. The van der Waals surface area contributed by atoms with Crippen molar-refractivity contribution >= 4 is 29.2 Å². The van der Waals surface area contributed by atoms with Crippen molar-refractivity contribution in [3.63, 3.8) is 0 Å². The SMILES string of the molecule is OC1(c2ccccc2Cl)CCN(c2nc(-c3cccc(Cl)c3)no2)CC1. The summed E-state index contributed by atoms with van der Waals surface area (Å²) in [7, 11) is 0. The smallest absolute Gasteiger partial charge is 0.324 e. The quantitative estimate of drug-likeness (QED) is 0.712. The molecule has 0 atom stereocenters. The van der Waals surface area contributed by atoms with E-state index in [1.165, 1.54) is 0 Å². The number of aromatic nitrogens is 2. The molecule has 2 aromatic carbocycles. The van der Waals surface area contributed by atoms with Gasteiger partial charge in [0.15, 0.2) is 0 Å². The summed E-state index contributed by atoms with van der Waals surface area (Å²) in [6, 6.07) is 15.2. The molecule has 4 rings (SSSR count). The number of piperidine rings is 1. The molecule has 0 aliphatic carbocycles. The van der Waals surface area contributed by atoms with Crippen LogP contribution < -0.4 is 4.90 Å². The van der Waals surface area contributed by atoms with Crippen molar-refractivity contribution in [2.75, 3.05) is 18.0 Å². The zero-order chi connectivity index (χ0) is 18.1. The van der Waals surface area contributed by atoms with Gasteiger partial charge in [0.2, 0.25) is 5.82 Å². The standard InChI is InChI=1S/C19H17Cl2N3O2/c20-14-5-3-4-13(12-14)17-22-18(26-23-17)24-10-8-19(25,9-11-24)15-6-1-2-7-16(15)21/h1-7,12,25H,8-11H2. The Labute approximate surface area is 161 Å². The van der Waals surface area contributed by atoms with Crippen LogP contribution in [-0.4, -0.2) is 28.3 Å². The summed E-state index contributed by atoms with van der Waals surface area (Å²) in [6.07, 6.45) is 1.07. The number of anilines is 1. The highest BCUT2D eigenvalue weighted by molar-refractivity contribution is 6.31. The summed E-state index contributed by atoms with van der Waals surface area (Å²) in [6.45, 7) is 1.19. The average Bonchev–Trinajstić information content (AvgIpc) is 3.13. The van der Waals surface area contributed by atoms with Crippen molar-refractivity contribution in [3.8, 4) is 11.4 Å². The van der Waals surface area contributed by atoms with Gasteiger partial charge in [0, 0.05) is 34.3 Å². The minimum absolute atomic E-state index is 0.446. The molecule has 7 heteroatoms. The van der Waals surface area contributed by atoms with E-state index < -0.39 is 5.60 Å². The van der Waals surface area contributed by atoms with E-state index in [1.54, 1.807) is 18.2 Å². The van der Waals surface area contributed by atoms with Gasteiger partial charge in [0.05, 0.1) is 5.60 Å². The van der Waals surface area contributed by atoms with E-state index in [9.17, 15) is 5.11 Å². The zero-order valence-corrected chi connectivity index (χ0v) is 15.4. The molecule has 1 aliphatic heterocycles. The number of aliphatic hydroxyl groups is 1. The van der Waals surface area contributed by atoms with Gasteiger partial charge in [0.1, 0.15) is 0 Å². The first kappa shape index (κ1) is 17.3. The first-order valence-electron chi connectivity index (χ1n) is 8.37. The van der Waals surface area contributed by atoms with Crippen LogP contribution >= 0.6 is 23.2 Å². The molecule has 1 aromatic heterocycles. The molecule has 0 radical (unpaired) electrons. The number of hydrogen-bond donors (Lipinski definition) is 1. The molecule has 0 amide bonds. The van der Waals surface area contributed by atoms with Gasteiger partial charge in [-0.15, -0.1) is 0 Å². The molecule has 1 saturated heterocycles. The average molecular weight is 390 g/mol. The van der Waals surface area contributed by atoms with E-state index in [0.717, 1.165) is 11.1 Å². The van der Waals surface area contributed by atoms with Crippen molar-refractivity contribution < 1.29 is 9.63 Å². The van der Waals surface area contributed by atoms with E-state index in [2.05, 4.69) is 10.1 Å². The molecule has 0 unspecified atom stereocenters. The molecule has 0 saturated carbocycles. The van der Waals surface area contributed by atoms with Gasteiger partial charge in [-0.25, -0.2) is 0 Å². The zero-order valence-electron chi connectivity index (χ0n) is 13.9. The molecule has 1 fully saturated rings. The van der Waals surface area contributed by atoms with Gasteiger partial charge in [-0.2, -0.15) is 4.98 Å². The summed E-state index contributed by atoms with van der Waals surface area (Å²) in [5, 5.41) is 16.3. The maximum atomic E-state index is 11.0. The first-order chi connectivity index (χ1) is 12.5. The Bertz CT molecular complexity index is 920. The molecular weight excluding hydrogens is 373 g/mol. The van der Waals surface area contributed by atoms with Crippen LogP contribution in [0.5, 0.6) is 0 Å². The molecule has 2 heterocycles. The second kappa shape index (κ2) is 6.91. The van der Waals surface area contributed by atoms with E-state index in [4.69, 9.17) is 27.7 Å². The predicted molar refractivity (Wildman–Crippen MR) is 102 cm³/mol. The number of hydrogen-bond acceptors (Lipinski definition) is 5. The third-order valence-corrected chi connectivity index (χ3v) is 5.30. The molecule has 1 N–H and O–H groups in total. The highest BCUT2D eigenvalue weighted by Gasteiger charge is 2.36. The summed E-state index contributed by atoms with van der Waals surface area (Å²) in [4.78, 5) is 6.44. The van der Waals surface area contributed by atoms with Crippen LogP contribution in [0, 0.1) is 0 Å². The summed E-state index contributed by atoms with van der Waals surface area (Å²) in [5.41, 5.74) is 0.633. The Balaban J connectivity index is 1.50. The fourth-order valence-electron chi connectivity index (χ4n) is 3.26. The van der Waals surface area contributed by atoms with E-state index in [0.29, 0.717) is 47.8 Å². The fraction of sp³-hybridized carbons (Fsp3) is 0.263. The molecule has 1 aliphatic rings. The van der Waals surface area contributed by atoms with Crippen molar-refractivity contribution in [3.05, 3.63) is 64.1 Å². The van der Waals surface area contributed by atoms with Gasteiger partial charge >= 0.3 is 6.01 Å². The van der Waals surface area contributed by atoms with Crippen LogP contribution in [0.4, 0.5) is 6.01 Å². The van der Waals surface area contributed by atoms with Crippen LogP contribution in [0.3, 0.4) is 0 Å². The van der Waals surface area contributed by atoms with Gasteiger partial charge < -0.3 is 14.5 Å². The maximum absolute atomic E-state index is 11.0. The van der Waals surface area contributed by atoms with Crippen molar-refractivity contribution in [1.29, 1.82) is 0 Å². The summed E-state index contributed by atoms with van der Waals surface area (Å²) < 4.78 is 5.41. The number of benzene rings is 2. The lowest BCUT2D eigenvalue weighted by molar-refractivity contribution is 0.0110. The lowest BCUT2D eigenvalue weighted by Gasteiger charge is -2.38. The Morgan fingerprint density at radius 2 is 1.81 bits per heavy atom. The number of rotatable bonds is 3. The summed E-state index contributed by atoms with van der Waals surface area (Å²) >= 11 is 12.3. The molecule has 134 valence electrons. The maximum Gasteiger partial charge on any atom is 0.324 e. The second-order valence-corrected chi connectivity index (χ2v) is 7.25. The van der Waals surface area contributed by atoms with Gasteiger partial charge in [-0.3, -0.25) is 0 Å². The van der Waals surface area contributed by atoms with Crippen molar-refractivity contribution in [2.45, 2.75) is 18.4 Å². The Morgan fingerprint density at radius 1 is 1.04 bits per heavy atom. The monoisotopic (exact) mass is 389 g/mol. The predicted octanol–water partition coefficient (Wildman–Crippen LogP) is 4.53. The molecule has 26 heavy (non-hydrogen) atoms. The third-order valence-electron chi connectivity index (χ3n) is 4.73. The highest BCUT2D eigenvalue weighted by atomic mass is 35.5. The normalized spacial score (nSPS) is 16.7.